The van der Waals surface area contributed by atoms with Gasteiger partial charge in [-0.15, -0.1) is 0 Å². The summed E-state index contributed by atoms with van der Waals surface area (Å²) < 4.78 is 0. The summed E-state index contributed by atoms with van der Waals surface area (Å²) in [5.41, 5.74) is 8.06. The molecule has 1 aromatic rings. The van der Waals surface area contributed by atoms with E-state index in [0.717, 1.165) is 13.0 Å². The van der Waals surface area contributed by atoms with Crippen molar-refractivity contribution >= 4 is 0 Å². The first kappa shape index (κ1) is 15.2. The first-order chi connectivity index (χ1) is 8.51. The number of likely N-dealkylation sites (N-methyl/N-ethyl adjacent to an activating group) is 1. The lowest BCUT2D eigenvalue weighted by molar-refractivity contribution is 0.129. The SMILES string of the molecule is CC(C)Cc1ccc(CN(C)CC(O)CN)cc1. The number of rotatable bonds is 7. The van der Waals surface area contributed by atoms with Gasteiger partial charge in [0.25, 0.3) is 0 Å². The van der Waals surface area contributed by atoms with Crippen molar-refractivity contribution in [1.82, 2.24) is 4.90 Å². The fourth-order valence-electron chi connectivity index (χ4n) is 2.06. The Hall–Kier alpha value is -0.900. The van der Waals surface area contributed by atoms with E-state index >= 15 is 0 Å². The summed E-state index contributed by atoms with van der Waals surface area (Å²) in [5, 5.41) is 9.48. The van der Waals surface area contributed by atoms with E-state index in [0.29, 0.717) is 19.0 Å². The van der Waals surface area contributed by atoms with Gasteiger partial charge in [-0.1, -0.05) is 38.1 Å². The topological polar surface area (TPSA) is 49.5 Å². The Balaban J connectivity index is 2.47. The van der Waals surface area contributed by atoms with Crippen LogP contribution in [0.25, 0.3) is 0 Å². The highest BCUT2D eigenvalue weighted by molar-refractivity contribution is 5.22. The van der Waals surface area contributed by atoms with Gasteiger partial charge < -0.3 is 10.8 Å². The molecule has 3 nitrogen and oxygen atoms in total. The number of aliphatic hydroxyl groups is 1. The maximum absolute atomic E-state index is 9.48. The Bertz CT molecular complexity index is 335. The van der Waals surface area contributed by atoms with Crippen LogP contribution in [-0.2, 0) is 13.0 Å². The Morgan fingerprint density at radius 1 is 1.17 bits per heavy atom. The standard InChI is InChI=1S/C15H26N2O/c1-12(2)8-13-4-6-14(7-5-13)10-17(3)11-15(18)9-16/h4-7,12,15,18H,8-11,16H2,1-3H3. The molecule has 1 atom stereocenters. The second-order valence-corrected chi connectivity index (χ2v) is 5.50. The van der Waals surface area contributed by atoms with Crippen molar-refractivity contribution in [3.63, 3.8) is 0 Å². The molecule has 0 aromatic heterocycles. The van der Waals surface area contributed by atoms with Crippen LogP contribution in [0.2, 0.25) is 0 Å². The summed E-state index contributed by atoms with van der Waals surface area (Å²) in [4.78, 5) is 2.09. The van der Waals surface area contributed by atoms with Crippen molar-refractivity contribution in [3.8, 4) is 0 Å². The molecule has 0 bridgehead atoms. The molecular formula is C15H26N2O. The average molecular weight is 250 g/mol. The van der Waals surface area contributed by atoms with Crippen molar-refractivity contribution in [3.05, 3.63) is 35.4 Å². The molecule has 0 aliphatic heterocycles. The van der Waals surface area contributed by atoms with Gasteiger partial charge in [-0.3, -0.25) is 4.90 Å². The van der Waals surface area contributed by atoms with E-state index in [1.54, 1.807) is 0 Å². The summed E-state index contributed by atoms with van der Waals surface area (Å²) in [6.45, 7) is 6.24. The van der Waals surface area contributed by atoms with E-state index < -0.39 is 6.10 Å². The van der Waals surface area contributed by atoms with Gasteiger partial charge in [0.2, 0.25) is 0 Å². The van der Waals surface area contributed by atoms with Gasteiger partial charge in [-0.2, -0.15) is 0 Å². The van der Waals surface area contributed by atoms with Gasteiger partial charge in [0, 0.05) is 19.6 Å². The lowest BCUT2D eigenvalue weighted by Crippen LogP contribution is -2.33. The van der Waals surface area contributed by atoms with Crippen LogP contribution >= 0.6 is 0 Å². The number of nitrogens with two attached hydrogens (primary N) is 1. The predicted octanol–water partition coefficient (Wildman–Crippen LogP) is 1.64. The first-order valence-electron chi connectivity index (χ1n) is 6.65. The van der Waals surface area contributed by atoms with E-state index in [2.05, 4.69) is 43.0 Å². The van der Waals surface area contributed by atoms with Crippen LogP contribution in [0.4, 0.5) is 0 Å². The molecule has 0 spiro atoms. The van der Waals surface area contributed by atoms with Crippen molar-refractivity contribution in [2.24, 2.45) is 11.7 Å². The van der Waals surface area contributed by atoms with Crippen LogP contribution in [0, 0.1) is 5.92 Å². The van der Waals surface area contributed by atoms with Gasteiger partial charge in [-0.05, 0) is 30.5 Å². The molecule has 1 rings (SSSR count). The molecular weight excluding hydrogens is 224 g/mol. The third kappa shape index (κ3) is 5.63. The minimum Gasteiger partial charge on any atom is -0.390 e. The van der Waals surface area contributed by atoms with Crippen LogP contribution < -0.4 is 5.73 Å². The molecule has 0 saturated heterocycles. The number of benzene rings is 1. The minimum atomic E-state index is -0.435. The van der Waals surface area contributed by atoms with Gasteiger partial charge in [0.15, 0.2) is 0 Å². The molecule has 0 aliphatic carbocycles. The minimum absolute atomic E-state index is 0.317. The van der Waals surface area contributed by atoms with Crippen LogP contribution in [0.1, 0.15) is 25.0 Å². The molecule has 0 amide bonds. The largest absolute Gasteiger partial charge is 0.390 e. The molecule has 3 N–H and O–H groups in total. The number of aliphatic hydroxyl groups excluding tert-OH is 1. The lowest BCUT2D eigenvalue weighted by atomic mass is 10.0. The van der Waals surface area contributed by atoms with Crippen LogP contribution in [-0.4, -0.2) is 36.2 Å². The van der Waals surface area contributed by atoms with Crippen LogP contribution in [0.15, 0.2) is 24.3 Å². The normalized spacial score (nSPS) is 13.3. The van der Waals surface area contributed by atoms with E-state index in [1.807, 2.05) is 7.05 Å². The predicted molar refractivity (Wildman–Crippen MR) is 76.4 cm³/mol. The summed E-state index contributed by atoms with van der Waals surface area (Å²) >= 11 is 0. The van der Waals surface area contributed by atoms with Gasteiger partial charge in [0.05, 0.1) is 6.10 Å². The molecule has 1 unspecified atom stereocenters. The third-order valence-electron chi connectivity index (χ3n) is 2.91. The molecule has 3 heteroatoms. The molecule has 0 radical (unpaired) electrons. The van der Waals surface area contributed by atoms with Gasteiger partial charge >= 0.3 is 0 Å². The zero-order chi connectivity index (χ0) is 13.5. The number of hydrogen-bond donors (Lipinski definition) is 2. The monoisotopic (exact) mass is 250 g/mol. The second-order valence-electron chi connectivity index (χ2n) is 5.50. The van der Waals surface area contributed by atoms with E-state index in [9.17, 15) is 5.11 Å². The quantitative estimate of drug-likeness (QED) is 0.773. The number of hydrogen-bond acceptors (Lipinski definition) is 3. The Kier molecular flexibility index (Phi) is 6.33. The highest BCUT2D eigenvalue weighted by Gasteiger charge is 2.06. The summed E-state index contributed by atoms with van der Waals surface area (Å²) in [7, 11) is 2.00. The summed E-state index contributed by atoms with van der Waals surface area (Å²) in [6, 6.07) is 8.73. The molecule has 0 fully saturated rings. The third-order valence-corrected chi connectivity index (χ3v) is 2.91. The van der Waals surface area contributed by atoms with Gasteiger partial charge in [-0.25, -0.2) is 0 Å². The zero-order valence-electron chi connectivity index (χ0n) is 11.8. The van der Waals surface area contributed by atoms with Crippen LogP contribution in [0.3, 0.4) is 0 Å². The molecule has 0 heterocycles. The second kappa shape index (κ2) is 7.52. The number of nitrogens with zero attached hydrogens (tertiary/aromatic N) is 1. The maximum Gasteiger partial charge on any atom is 0.0789 e. The molecule has 0 saturated carbocycles. The summed E-state index contributed by atoms with van der Waals surface area (Å²) in [5.74, 6) is 0.693. The molecule has 102 valence electrons. The molecule has 1 aromatic carbocycles. The van der Waals surface area contributed by atoms with E-state index in [4.69, 9.17) is 5.73 Å². The Morgan fingerprint density at radius 3 is 2.22 bits per heavy atom. The van der Waals surface area contributed by atoms with Crippen LogP contribution in [0.5, 0.6) is 0 Å². The van der Waals surface area contributed by atoms with E-state index in [-0.39, 0.29) is 0 Å². The fourth-order valence-corrected chi connectivity index (χ4v) is 2.06. The first-order valence-corrected chi connectivity index (χ1v) is 6.65. The maximum atomic E-state index is 9.48. The molecule has 0 aliphatic rings. The van der Waals surface area contributed by atoms with Gasteiger partial charge in [0.1, 0.15) is 0 Å². The Labute approximate surface area is 111 Å². The van der Waals surface area contributed by atoms with Crippen molar-refractivity contribution in [1.29, 1.82) is 0 Å². The zero-order valence-corrected chi connectivity index (χ0v) is 11.8. The highest BCUT2D eigenvalue weighted by atomic mass is 16.3. The molecule has 18 heavy (non-hydrogen) atoms. The van der Waals surface area contributed by atoms with E-state index in [1.165, 1.54) is 11.1 Å². The van der Waals surface area contributed by atoms with Crippen molar-refractivity contribution < 1.29 is 5.11 Å². The summed E-state index contributed by atoms with van der Waals surface area (Å²) in [6.07, 6.45) is 0.692. The lowest BCUT2D eigenvalue weighted by Gasteiger charge is -2.19. The smallest absolute Gasteiger partial charge is 0.0789 e. The average Bonchev–Trinajstić information content (AvgIpc) is 2.30. The highest BCUT2D eigenvalue weighted by Crippen LogP contribution is 2.11. The van der Waals surface area contributed by atoms with Crippen molar-refractivity contribution in [2.45, 2.75) is 32.9 Å². The van der Waals surface area contributed by atoms with Crippen molar-refractivity contribution in [2.75, 3.05) is 20.1 Å². The Morgan fingerprint density at radius 2 is 1.72 bits per heavy atom. The fraction of sp³-hybridized carbons (Fsp3) is 0.600.